The number of nitrogens with zero attached hydrogens (tertiary/aromatic N) is 1. The minimum absolute atomic E-state index is 0.207. The predicted octanol–water partition coefficient (Wildman–Crippen LogP) is 2.05. The lowest BCUT2D eigenvalue weighted by Gasteiger charge is -2.10. The molecule has 0 bridgehead atoms. The number of rotatable bonds is 3. The predicted molar refractivity (Wildman–Crippen MR) is 59.5 cm³/mol. The smallest absolute Gasteiger partial charge is 0.180 e. The van der Waals surface area contributed by atoms with Gasteiger partial charge in [-0.1, -0.05) is 12.1 Å². The molecule has 1 unspecified atom stereocenters. The van der Waals surface area contributed by atoms with Gasteiger partial charge in [-0.25, -0.2) is 0 Å². The van der Waals surface area contributed by atoms with Gasteiger partial charge in [0.2, 0.25) is 0 Å². The molecule has 0 aromatic heterocycles. The molecule has 1 aliphatic heterocycles. The van der Waals surface area contributed by atoms with E-state index in [1.807, 2.05) is 19.1 Å². The molecular formula is C12H15NO2. The van der Waals surface area contributed by atoms with Crippen LogP contribution >= 0.6 is 0 Å². The quantitative estimate of drug-likeness (QED) is 0.756. The topological polar surface area (TPSA) is 30.8 Å². The molecule has 0 fully saturated rings. The van der Waals surface area contributed by atoms with Crippen LogP contribution in [0.4, 0.5) is 0 Å². The third-order valence-electron chi connectivity index (χ3n) is 2.48. The SMILES string of the molecule is COc1ccc(CC2CN=C(C)O2)cc1. The van der Waals surface area contributed by atoms with E-state index in [9.17, 15) is 0 Å². The van der Waals surface area contributed by atoms with Crippen molar-refractivity contribution in [2.45, 2.75) is 19.4 Å². The van der Waals surface area contributed by atoms with Crippen molar-refractivity contribution in [3.8, 4) is 5.75 Å². The summed E-state index contributed by atoms with van der Waals surface area (Å²) in [7, 11) is 1.67. The van der Waals surface area contributed by atoms with Crippen LogP contribution < -0.4 is 4.74 Å². The second kappa shape index (κ2) is 4.34. The van der Waals surface area contributed by atoms with Crippen LogP contribution in [0.3, 0.4) is 0 Å². The van der Waals surface area contributed by atoms with Gasteiger partial charge in [-0.05, 0) is 17.7 Å². The number of methoxy groups -OCH3 is 1. The Hall–Kier alpha value is -1.51. The molecule has 1 aromatic carbocycles. The van der Waals surface area contributed by atoms with E-state index in [4.69, 9.17) is 9.47 Å². The lowest BCUT2D eigenvalue weighted by molar-refractivity contribution is 0.223. The second-order valence-electron chi connectivity index (χ2n) is 3.65. The molecule has 0 aliphatic carbocycles. The second-order valence-corrected chi connectivity index (χ2v) is 3.65. The molecule has 0 spiro atoms. The van der Waals surface area contributed by atoms with Crippen LogP contribution in [0.25, 0.3) is 0 Å². The standard InChI is InChI=1S/C12H15NO2/c1-9-13-8-12(15-9)7-10-3-5-11(14-2)6-4-10/h3-6,12H,7-8H2,1-2H3. The summed E-state index contributed by atoms with van der Waals surface area (Å²) in [5, 5.41) is 0. The highest BCUT2D eigenvalue weighted by Crippen LogP contribution is 2.15. The van der Waals surface area contributed by atoms with E-state index in [0.29, 0.717) is 0 Å². The molecular weight excluding hydrogens is 190 g/mol. The van der Waals surface area contributed by atoms with Crippen molar-refractivity contribution in [3.05, 3.63) is 29.8 Å². The van der Waals surface area contributed by atoms with Crippen molar-refractivity contribution < 1.29 is 9.47 Å². The van der Waals surface area contributed by atoms with Crippen molar-refractivity contribution in [2.75, 3.05) is 13.7 Å². The molecule has 0 saturated carbocycles. The van der Waals surface area contributed by atoms with Gasteiger partial charge in [0.05, 0.1) is 13.7 Å². The Morgan fingerprint density at radius 3 is 2.67 bits per heavy atom. The fourth-order valence-corrected chi connectivity index (χ4v) is 1.68. The van der Waals surface area contributed by atoms with Gasteiger partial charge in [-0.2, -0.15) is 0 Å². The monoisotopic (exact) mass is 205 g/mol. The molecule has 0 radical (unpaired) electrons. The number of hydrogen-bond donors (Lipinski definition) is 0. The molecule has 1 aromatic rings. The highest BCUT2D eigenvalue weighted by atomic mass is 16.5. The van der Waals surface area contributed by atoms with Gasteiger partial charge < -0.3 is 9.47 Å². The lowest BCUT2D eigenvalue weighted by Crippen LogP contribution is -2.15. The molecule has 0 saturated heterocycles. The summed E-state index contributed by atoms with van der Waals surface area (Å²) in [4.78, 5) is 4.22. The average Bonchev–Trinajstić information content (AvgIpc) is 2.65. The van der Waals surface area contributed by atoms with Crippen molar-refractivity contribution in [1.29, 1.82) is 0 Å². The maximum atomic E-state index is 5.54. The first-order valence-electron chi connectivity index (χ1n) is 5.08. The first-order chi connectivity index (χ1) is 7.28. The fraction of sp³-hybridized carbons (Fsp3) is 0.417. The zero-order chi connectivity index (χ0) is 10.7. The van der Waals surface area contributed by atoms with Crippen LogP contribution in [-0.2, 0) is 11.2 Å². The van der Waals surface area contributed by atoms with Gasteiger partial charge in [-0.15, -0.1) is 0 Å². The van der Waals surface area contributed by atoms with Gasteiger partial charge in [0.25, 0.3) is 0 Å². The molecule has 3 heteroatoms. The van der Waals surface area contributed by atoms with Gasteiger partial charge in [0.1, 0.15) is 11.9 Å². The average molecular weight is 205 g/mol. The summed E-state index contributed by atoms with van der Waals surface area (Å²) in [6.07, 6.45) is 1.11. The molecule has 1 aliphatic rings. The fourth-order valence-electron chi connectivity index (χ4n) is 1.68. The van der Waals surface area contributed by atoms with Gasteiger partial charge in [-0.3, -0.25) is 4.99 Å². The summed E-state index contributed by atoms with van der Waals surface area (Å²) in [5.41, 5.74) is 1.26. The molecule has 80 valence electrons. The minimum Gasteiger partial charge on any atom is -0.497 e. The third-order valence-corrected chi connectivity index (χ3v) is 2.48. The molecule has 1 heterocycles. The van der Waals surface area contributed by atoms with E-state index in [-0.39, 0.29) is 6.10 Å². The molecule has 0 N–H and O–H groups in total. The molecule has 15 heavy (non-hydrogen) atoms. The zero-order valence-electron chi connectivity index (χ0n) is 9.06. The number of aliphatic imine (C=N–C) groups is 1. The number of ether oxygens (including phenoxy) is 2. The summed E-state index contributed by atoms with van der Waals surface area (Å²) in [5.74, 6) is 1.69. The molecule has 1 atom stereocenters. The van der Waals surface area contributed by atoms with E-state index in [2.05, 4.69) is 17.1 Å². The Labute approximate surface area is 89.7 Å². The van der Waals surface area contributed by atoms with Crippen LogP contribution in [0.15, 0.2) is 29.3 Å². The highest BCUT2D eigenvalue weighted by molar-refractivity contribution is 5.74. The van der Waals surface area contributed by atoms with E-state index >= 15 is 0 Å². The van der Waals surface area contributed by atoms with Crippen LogP contribution in [0.5, 0.6) is 5.75 Å². The first-order valence-corrected chi connectivity index (χ1v) is 5.08. The van der Waals surface area contributed by atoms with Crippen LogP contribution in [-0.4, -0.2) is 25.7 Å². The highest BCUT2D eigenvalue weighted by Gasteiger charge is 2.16. The first kappa shape index (κ1) is 10.0. The summed E-state index contributed by atoms with van der Waals surface area (Å²) >= 11 is 0. The Morgan fingerprint density at radius 2 is 2.13 bits per heavy atom. The number of benzene rings is 1. The molecule has 0 amide bonds. The van der Waals surface area contributed by atoms with Crippen molar-refractivity contribution in [3.63, 3.8) is 0 Å². The van der Waals surface area contributed by atoms with Gasteiger partial charge in [0, 0.05) is 13.3 Å². The third kappa shape index (κ3) is 2.49. The Kier molecular flexibility index (Phi) is 2.90. The van der Waals surface area contributed by atoms with Crippen molar-refractivity contribution in [1.82, 2.24) is 0 Å². The van der Waals surface area contributed by atoms with Crippen LogP contribution in [0.1, 0.15) is 12.5 Å². The largest absolute Gasteiger partial charge is 0.497 e. The zero-order valence-corrected chi connectivity index (χ0v) is 9.06. The van der Waals surface area contributed by atoms with E-state index < -0.39 is 0 Å². The van der Waals surface area contributed by atoms with Crippen molar-refractivity contribution >= 4 is 5.90 Å². The normalized spacial score (nSPS) is 19.6. The molecule has 3 nitrogen and oxygen atoms in total. The minimum atomic E-state index is 0.207. The van der Waals surface area contributed by atoms with E-state index in [1.54, 1.807) is 7.11 Å². The Bertz CT molecular complexity index is 356. The number of hydrogen-bond acceptors (Lipinski definition) is 3. The van der Waals surface area contributed by atoms with Gasteiger partial charge >= 0.3 is 0 Å². The molecule has 2 rings (SSSR count). The lowest BCUT2D eigenvalue weighted by atomic mass is 10.1. The van der Waals surface area contributed by atoms with Gasteiger partial charge in [0.15, 0.2) is 5.90 Å². The van der Waals surface area contributed by atoms with Crippen molar-refractivity contribution in [2.24, 2.45) is 4.99 Å². The van der Waals surface area contributed by atoms with Crippen LogP contribution in [0.2, 0.25) is 0 Å². The van der Waals surface area contributed by atoms with E-state index in [0.717, 1.165) is 24.6 Å². The Morgan fingerprint density at radius 1 is 1.40 bits per heavy atom. The van der Waals surface area contributed by atoms with E-state index in [1.165, 1.54) is 5.56 Å². The maximum Gasteiger partial charge on any atom is 0.180 e. The van der Waals surface area contributed by atoms with Crippen LogP contribution in [0, 0.1) is 0 Å². The Balaban J connectivity index is 1.94. The summed E-state index contributed by atoms with van der Waals surface area (Å²) in [6, 6.07) is 8.07. The summed E-state index contributed by atoms with van der Waals surface area (Å²) < 4.78 is 10.6. The summed E-state index contributed by atoms with van der Waals surface area (Å²) in [6.45, 7) is 2.67. The maximum absolute atomic E-state index is 5.54.